The lowest BCUT2D eigenvalue weighted by molar-refractivity contribution is -0.117. The van der Waals surface area contributed by atoms with Crippen LogP contribution in [0.5, 0.6) is 0 Å². The Balaban J connectivity index is 1.51. The van der Waals surface area contributed by atoms with Crippen LogP contribution in [0.2, 0.25) is 0 Å². The highest BCUT2D eigenvalue weighted by Crippen LogP contribution is 2.21. The SMILES string of the molecule is Cc1ccc(S(=O)(=O)N2CCC(NC(=O)/C=C/c3ccc(C(C)C)cc3)CC2)cc1. The molecule has 1 aliphatic heterocycles. The minimum atomic E-state index is -3.48. The fraction of sp³-hybridized carbons (Fsp3) is 0.375. The van der Waals surface area contributed by atoms with Crippen molar-refractivity contribution in [3.05, 3.63) is 71.3 Å². The topological polar surface area (TPSA) is 66.5 Å². The van der Waals surface area contributed by atoms with Crippen molar-refractivity contribution in [3.8, 4) is 0 Å². The van der Waals surface area contributed by atoms with Crippen LogP contribution in [-0.2, 0) is 14.8 Å². The van der Waals surface area contributed by atoms with Gasteiger partial charge in [-0.3, -0.25) is 4.79 Å². The van der Waals surface area contributed by atoms with Gasteiger partial charge in [0.2, 0.25) is 15.9 Å². The lowest BCUT2D eigenvalue weighted by atomic mass is 10.0. The largest absolute Gasteiger partial charge is 0.350 e. The van der Waals surface area contributed by atoms with Crippen LogP contribution in [0.15, 0.2) is 59.5 Å². The van der Waals surface area contributed by atoms with Crippen LogP contribution >= 0.6 is 0 Å². The third kappa shape index (κ3) is 5.58. The molecule has 0 aromatic heterocycles. The molecular formula is C24H30N2O3S. The van der Waals surface area contributed by atoms with Crippen LogP contribution in [-0.4, -0.2) is 37.8 Å². The number of sulfonamides is 1. The van der Waals surface area contributed by atoms with E-state index in [2.05, 4.69) is 31.3 Å². The molecule has 0 bridgehead atoms. The maximum Gasteiger partial charge on any atom is 0.244 e. The molecule has 0 aliphatic carbocycles. The zero-order valence-corrected chi connectivity index (χ0v) is 18.7. The second-order valence-corrected chi connectivity index (χ2v) is 10.1. The smallest absolute Gasteiger partial charge is 0.244 e. The molecular weight excluding hydrogens is 396 g/mol. The van der Waals surface area contributed by atoms with Gasteiger partial charge in [-0.25, -0.2) is 8.42 Å². The van der Waals surface area contributed by atoms with E-state index >= 15 is 0 Å². The van der Waals surface area contributed by atoms with Crippen molar-refractivity contribution in [2.75, 3.05) is 13.1 Å². The second kappa shape index (κ2) is 9.58. The van der Waals surface area contributed by atoms with Gasteiger partial charge in [0, 0.05) is 25.2 Å². The van der Waals surface area contributed by atoms with E-state index in [0.29, 0.717) is 36.7 Å². The Morgan fingerprint density at radius 2 is 1.63 bits per heavy atom. The average molecular weight is 427 g/mol. The molecule has 6 heteroatoms. The number of amides is 1. The predicted molar refractivity (Wildman–Crippen MR) is 121 cm³/mol. The van der Waals surface area contributed by atoms with Crippen molar-refractivity contribution >= 4 is 22.0 Å². The molecule has 0 spiro atoms. The normalized spacial score (nSPS) is 16.3. The summed E-state index contributed by atoms with van der Waals surface area (Å²) in [5.41, 5.74) is 3.27. The predicted octanol–water partition coefficient (Wildman–Crippen LogP) is 4.10. The average Bonchev–Trinajstić information content (AvgIpc) is 2.73. The summed E-state index contributed by atoms with van der Waals surface area (Å²) in [5, 5.41) is 2.99. The van der Waals surface area contributed by atoms with Gasteiger partial charge in [-0.1, -0.05) is 55.8 Å². The first-order valence-corrected chi connectivity index (χ1v) is 11.8. The van der Waals surface area contributed by atoms with E-state index in [-0.39, 0.29) is 11.9 Å². The Morgan fingerprint density at radius 1 is 1.03 bits per heavy atom. The van der Waals surface area contributed by atoms with E-state index in [9.17, 15) is 13.2 Å². The van der Waals surface area contributed by atoms with Gasteiger partial charge >= 0.3 is 0 Å². The van der Waals surface area contributed by atoms with Gasteiger partial charge < -0.3 is 5.32 Å². The molecule has 1 aliphatic rings. The summed E-state index contributed by atoms with van der Waals surface area (Å²) >= 11 is 0. The van der Waals surface area contributed by atoms with Crippen LogP contribution in [0.1, 0.15) is 49.3 Å². The number of carbonyl (C=O) groups excluding carboxylic acids is 1. The van der Waals surface area contributed by atoms with Gasteiger partial charge in [-0.05, 0) is 55.0 Å². The Kier molecular flexibility index (Phi) is 7.10. The van der Waals surface area contributed by atoms with Gasteiger partial charge in [0.15, 0.2) is 0 Å². The van der Waals surface area contributed by atoms with Gasteiger partial charge in [-0.15, -0.1) is 0 Å². The van der Waals surface area contributed by atoms with E-state index in [1.165, 1.54) is 9.87 Å². The highest BCUT2D eigenvalue weighted by atomic mass is 32.2. The first kappa shape index (κ1) is 22.2. The molecule has 1 heterocycles. The zero-order valence-electron chi connectivity index (χ0n) is 17.8. The molecule has 3 rings (SSSR count). The summed E-state index contributed by atoms with van der Waals surface area (Å²) in [6.45, 7) is 7.04. The molecule has 1 fully saturated rings. The quantitative estimate of drug-likeness (QED) is 0.707. The van der Waals surface area contributed by atoms with Gasteiger partial charge in [0.05, 0.1) is 4.90 Å². The van der Waals surface area contributed by atoms with Crippen molar-refractivity contribution < 1.29 is 13.2 Å². The van der Waals surface area contributed by atoms with Crippen molar-refractivity contribution in [1.82, 2.24) is 9.62 Å². The summed E-state index contributed by atoms with van der Waals surface area (Å²) in [4.78, 5) is 12.6. The Morgan fingerprint density at radius 3 is 2.20 bits per heavy atom. The molecule has 0 atom stereocenters. The summed E-state index contributed by atoms with van der Waals surface area (Å²) < 4.78 is 27.1. The number of nitrogens with zero attached hydrogens (tertiary/aromatic N) is 1. The van der Waals surface area contributed by atoms with Crippen molar-refractivity contribution in [2.45, 2.75) is 50.5 Å². The van der Waals surface area contributed by atoms with Gasteiger partial charge in [0.1, 0.15) is 0 Å². The van der Waals surface area contributed by atoms with E-state index in [0.717, 1.165) is 11.1 Å². The number of hydrogen-bond acceptors (Lipinski definition) is 3. The second-order valence-electron chi connectivity index (χ2n) is 8.15. The number of nitrogens with one attached hydrogen (secondary N) is 1. The molecule has 160 valence electrons. The first-order valence-electron chi connectivity index (χ1n) is 10.4. The number of rotatable bonds is 6. The third-order valence-corrected chi connectivity index (χ3v) is 7.40. The molecule has 0 unspecified atom stereocenters. The van der Waals surface area contributed by atoms with Crippen LogP contribution in [0, 0.1) is 6.92 Å². The fourth-order valence-corrected chi connectivity index (χ4v) is 4.98. The minimum absolute atomic E-state index is 0.0186. The van der Waals surface area contributed by atoms with Crippen molar-refractivity contribution in [2.24, 2.45) is 0 Å². The van der Waals surface area contributed by atoms with E-state index in [1.807, 2.05) is 31.2 Å². The lowest BCUT2D eigenvalue weighted by Crippen LogP contribution is -2.46. The van der Waals surface area contributed by atoms with E-state index in [4.69, 9.17) is 0 Å². The number of carbonyl (C=O) groups is 1. The van der Waals surface area contributed by atoms with E-state index in [1.54, 1.807) is 24.3 Å². The van der Waals surface area contributed by atoms with Crippen molar-refractivity contribution in [1.29, 1.82) is 0 Å². The Bertz CT molecular complexity index is 986. The highest BCUT2D eigenvalue weighted by Gasteiger charge is 2.29. The zero-order chi connectivity index (χ0) is 21.7. The van der Waals surface area contributed by atoms with Crippen LogP contribution < -0.4 is 5.32 Å². The maximum absolute atomic E-state index is 12.8. The standard InChI is InChI=1S/C24H30N2O3S/c1-18(2)21-9-6-20(7-10-21)8-13-24(27)25-22-14-16-26(17-15-22)30(28,29)23-11-4-19(3)5-12-23/h4-13,18,22H,14-17H2,1-3H3,(H,25,27)/b13-8+. The summed E-state index contributed by atoms with van der Waals surface area (Å²) in [6, 6.07) is 15.1. The maximum atomic E-state index is 12.8. The van der Waals surface area contributed by atoms with E-state index < -0.39 is 10.0 Å². The van der Waals surface area contributed by atoms with Crippen LogP contribution in [0.25, 0.3) is 6.08 Å². The molecule has 5 nitrogen and oxygen atoms in total. The highest BCUT2D eigenvalue weighted by molar-refractivity contribution is 7.89. The Labute approximate surface area is 179 Å². The third-order valence-electron chi connectivity index (χ3n) is 5.49. The molecule has 0 saturated carbocycles. The van der Waals surface area contributed by atoms with Crippen molar-refractivity contribution in [3.63, 3.8) is 0 Å². The summed E-state index contributed by atoms with van der Waals surface area (Å²) in [5.74, 6) is 0.329. The number of benzene rings is 2. The first-order chi connectivity index (χ1) is 14.3. The van der Waals surface area contributed by atoms with Gasteiger partial charge in [-0.2, -0.15) is 4.31 Å². The number of hydrogen-bond donors (Lipinski definition) is 1. The van der Waals surface area contributed by atoms with Crippen LogP contribution in [0.4, 0.5) is 0 Å². The number of piperidine rings is 1. The Hall–Kier alpha value is -2.44. The molecule has 1 N–H and O–H groups in total. The lowest BCUT2D eigenvalue weighted by Gasteiger charge is -2.31. The fourth-order valence-electron chi connectivity index (χ4n) is 3.51. The monoisotopic (exact) mass is 426 g/mol. The molecule has 2 aromatic carbocycles. The molecule has 1 saturated heterocycles. The number of aryl methyl sites for hydroxylation is 1. The molecule has 0 radical (unpaired) electrons. The minimum Gasteiger partial charge on any atom is -0.350 e. The van der Waals surface area contributed by atoms with Gasteiger partial charge in [0.25, 0.3) is 0 Å². The molecule has 30 heavy (non-hydrogen) atoms. The molecule has 1 amide bonds. The molecule has 2 aromatic rings. The summed E-state index contributed by atoms with van der Waals surface area (Å²) in [7, 11) is -3.48. The summed E-state index contributed by atoms with van der Waals surface area (Å²) in [6.07, 6.45) is 4.55. The van der Waals surface area contributed by atoms with Crippen LogP contribution in [0.3, 0.4) is 0 Å².